The van der Waals surface area contributed by atoms with Crippen LogP contribution in [0.1, 0.15) is 15.9 Å². The SMILES string of the molecule is COC(=O)c1ccc(Cn2cc(-c3ccccc3)nn2)cc1. The fraction of sp³-hybridized carbons (Fsp3) is 0.118. The zero-order valence-corrected chi connectivity index (χ0v) is 12.1. The molecule has 0 aliphatic rings. The molecule has 0 fully saturated rings. The van der Waals surface area contributed by atoms with E-state index in [9.17, 15) is 4.79 Å². The molecule has 110 valence electrons. The molecule has 0 bridgehead atoms. The number of carbonyl (C=O) groups excluding carboxylic acids is 1. The molecule has 0 spiro atoms. The Morgan fingerprint density at radius 2 is 1.82 bits per heavy atom. The van der Waals surface area contributed by atoms with Gasteiger partial charge in [-0.05, 0) is 17.7 Å². The van der Waals surface area contributed by atoms with Crippen LogP contribution < -0.4 is 0 Å². The third kappa shape index (κ3) is 3.03. The summed E-state index contributed by atoms with van der Waals surface area (Å²) in [6, 6.07) is 17.2. The maximum Gasteiger partial charge on any atom is 0.337 e. The molecule has 0 saturated heterocycles. The standard InChI is InChI=1S/C17H15N3O2/c1-22-17(21)15-9-7-13(8-10-15)11-20-12-16(18-19-20)14-5-3-2-4-6-14/h2-10,12H,11H2,1H3. The molecule has 2 aromatic carbocycles. The number of ether oxygens (including phenoxy) is 1. The highest BCUT2D eigenvalue weighted by atomic mass is 16.5. The van der Waals surface area contributed by atoms with Gasteiger partial charge in [-0.1, -0.05) is 47.7 Å². The van der Waals surface area contributed by atoms with Crippen molar-refractivity contribution in [1.82, 2.24) is 15.0 Å². The minimum Gasteiger partial charge on any atom is -0.465 e. The van der Waals surface area contributed by atoms with Gasteiger partial charge in [0.25, 0.3) is 0 Å². The first-order chi connectivity index (χ1) is 10.8. The van der Waals surface area contributed by atoms with Gasteiger partial charge in [-0.25, -0.2) is 9.48 Å². The van der Waals surface area contributed by atoms with Gasteiger partial charge in [0.2, 0.25) is 0 Å². The Morgan fingerprint density at radius 3 is 2.50 bits per heavy atom. The Bertz CT molecular complexity index is 764. The predicted molar refractivity (Wildman–Crippen MR) is 82.3 cm³/mol. The van der Waals surface area contributed by atoms with Crippen LogP contribution in [-0.4, -0.2) is 28.1 Å². The first-order valence-corrected chi connectivity index (χ1v) is 6.89. The summed E-state index contributed by atoms with van der Waals surface area (Å²) in [5.41, 5.74) is 3.45. The monoisotopic (exact) mass is 293 g/mol. The number of benzene rings is 2. The van der Waals surface area contributed by atoms with Crippen LogP contribution >= 0.6 is 0 Å². The number of methoxy groups -OCH3 is 1. The number of nitrogens with zero attached hydrogens (tertiary/aromatic N) is 3. The van der Waals surface area contributed by atoms with Crippen LogP contribution in [0.25, 0.3) is 11.3 Å². The highest BCUT2D eigenvalue weighted by Gasteiger charge is 2.06. The molecule has 0 aliphatic carbocycles. The molecule has 1 heterocycles. The van der Waals surface area contributed by atoms with Gasteiger partial charge in [0.05, 0.1) is 25.4 Å². The Hall–Kier alpha value is -2.95. The van der Waals surface area contributed by atoms with E-state index in [1.54, 1.807) is 16.8 Å². The largest absolute Gasteiger partial charge is 0.465 e. The van der Waals surface area contributed by atoms with Crippen LogP contribution in [0.2, 0.25) is 0 Å². The van der Waals surface area contributed by atoms with Crippen molar-refractivity contribution in [3.63, 3.8) is 0 Å². The summed E-state index contributed by atoms with van der Waals surface area (Å²) in [5.74, 6) is -0.335. The molecule has 5 heteroatoms. The summed E-state index contributed by atoms with van der Waals surface area (Å²) < 4.78 is 6.45. The summed E-state index contributed by atoms with van der Waals surface area (Å²) in [5, 5.41) is 8.32. The second-order valence-electron chi connectivity index (χ2n) is 4.86. The molecule has 0 unspecified atom stereocenters. The van der Waals surface area contributed by atoms with E-state index >= 15 is 0 Å². The zero-order chi connectivity index (χ0) is 15.4. The van der Waals surface area contributed by atoms with E-state index in [-0.39, 0.29) is 5.97 Å². The molecular weight excluding hydrogens is 278 g/mol. The second-order valence-corrected chi connectivity index (χ2v) is 4.86. The lowest BCUT2D eigenvalue weighted by molar-refractivity contribution is 0.0600. The highest BCUT2D eigenvalue weighted by molar-refractivity contribution is 5.89. The average molecular weight is 293 g/mol. The molecule has 3 aromatic rings. The lowest BCUT2D eigenvalue weighted by atomic mass is 10.1. The van der Waals surface area contributed by atoms with Crippen molar-refractivity contribution >= 4 is 5.97 Å². The van der Waals surface area contributed by atoms with Gasteiger partial charge in [0.1, 0.15) is 5.69 Å². The number of hydrogen-bond donors (Lipinski definition) is 0. The molecule has 0 N–H and O–H groups in total. The fourth-order valence-electron chi connectivity index (χ4n) is 2.17. The summed E-state index contributed by atoms with van der Waals surface area (Å²) in [4.78, 5) is 11.4. The number of rotatable bonds is 4. The Kier molecular flexibility index (Phi) is 3.96. The molecule has 0 aliphatic heterocycles. The molecule has 0 atom stereocenters. The van der Waals surface area contributed by atoms with Crippen LogP contribution in [-0.2, 0) is 11.3 Å². The predicted octanol–water partition coefficient (Wildman–Crippen LogP) is 2.78. The molecule has 3 rings (SSSR count). The molecule has 0 radical (unpaired) electrons. The molecule has 5 nitrogen and oxygen atoms in total. The lowest BCUT2D eigenvalue weighted by Crippen LogP contribution is -2.03. The van der Waals surface area contributed by atoms with Crippen LogP contribution in [0.3, 0.4) is 0 Å². The normalized spacial score (nSPS) is 10.4. The Labute approximate surface area is 128 Å². The summed E-state index contributed by atoms with van der Waals surface area (Å²) in [6.07, 6.45) is 1.91. The van der Waals surface area contributed by atoms with Crippen LogP contribution in [0, 0.1) is 0 Å². The number of carbonyl (C=O) groups is 1. The fourth-order valence-corrected chi connectivity index (χ4v) is 2.17. The summed E-state index contributed by atoms with van der Waals surface area (Å²) >= 11 is 0. The van der Waals surface area contributed by atoms with Gasteiger partial charge >= 0.3 is 5.97 Å². The van der Waals surface area contributed by atoms with E-state index in [0.29, 0.717) is 12.1 Å². The quantitative estimate of drug-likeness (QED) is 0.694. The van der Waals surface area contributed by atoms with E-state index in [1.165, 1.54) is 7.11 Å². The van der Waals surface area contributed by atoms with Crippen molar-refractivity contribution in [2.75, 3.05) is 7.11 Å². The van der Waals surface area contributed by atoms with E-state index in [2.05, 4.69) is 15.0 Å². The minimum absolute atomic E-state index is 0.335. The maximum atomic E-state index is 11.4. The molecule has 22 heavy (non-hydrogen) atoms. The Balaban J connectivity index is 1.74. The smallest absolute Gasteiger partial charge is 0.337 e. The number of hydrogen-bond acceptors (Lipinski definition) is 4. The van der Waals surface area contributed by atoms with Crippen molar-refractivity contribution in [3.05, 3.63) is 71.9 Å². The Morgan fingerprint density at radius 1 is 1.09 bits per heavy atom. The van der Waals surface area contributed by atoms with Crippen LogP contribution in [0.5, 0.6) is 0 Å². The van der Waals surface area contributed by atoms with Crippen molar-refractivity contribution in [2.45, 2.75) is 6.54 Å². The molecule has 0 saturated carbocycles. The third-order valence-corrected chi connectivity index (χ3v) is 3.33. The van der Waals surface area contributed by atoms with E-state index in [0.717, 1.165) is 16.8 Å². The maximum absolute atomic E-state index is 11.4. The third-order valence-electron chi connectivity index (χ3n) is 3.33. The van der Waals surface area contributed by atoms with Gasteiger partial charge in [0, 0.05) is 5.56 Å². The van der Waals surface area contributed by atoms with E-state index in [4.69, 9.17) is 0 Å². The number of aromatic nitrogens is 3. The average Bonchev–Trinajstić information content (AvgIpc) is 3.04. The summed E-state index contributed by atoms with van der Waals surface area (Å²) in [7, 11) is 1.37. The zero-order valence-electron chi connectivity index (χ0n) is 12.1. The van der Waals surface area contributed by atoms with Crippen LogP contribution in [0.15, 0.2) is 60.8 Å². The topological polar surface area (TPSA) is 57.0 Å². The van der Waals surface area contributed by atoms with Gasteiger partial charge in [0.15, 0.2) is 0 Å². The number of esters is 1. The lowest BCUT2D eigenvalue weighted by Gasteiger charge is -2.03. The summed E-state index contributed by atoms with van der Waals surface area (Å²) in [6.45, 7) is 0.598. The van der Waals surface area contributed by atoms with Crippen molar-refractivity contribution < 1.29 is 9.53 Å². The second kappa shape index (κ2) is 6.22. The van der Waals surface area contributed by atoms with Crippen molar-refractivity contribution in [3.8, 4) is 11.3 Å². The van der Waals surface area contributed by atoms with Crippen molar-refractivity contribution in [1.29, 1.82) is 0 Å². The molecule has 1 aromatic heterocycles. The van der Waals surface area contributed by atoms with Gasteiger partial charge in [-0.3, -0.25) is 0 Å². The van der Waals surface area contributed by atoms with Crippen LogP contribution in [0.4, 0.5) is 0 Å². The first-order valence-electron chi connectivity index (χ1n) is 6.89. The van der Waals surface area contributed by atoms with Crippen molar-refractivity contribution in [2.24, 2.45) is 0 Å². The van der Waals surface area contributed by atoms with Gasteiger partial charge in [-0.2, -0.15) is 0 Å². The molecular formula is C17H15N3O2. The molecule has 0 amide bonds. The minimum atomic E-state index is -0.335. The van der Waals surface area contributed by atoms with E-state index in [1.807, 2.05) is 48.7 Å². The van der Waals surface area contributed by atoms with Gasteiger partial charge < -0.3 is 4.74 Å². The highest BCUT2D eigenvalue weighted by Crippen LogP contribution is 2.15. The first kappa shape index (κ1) is 14.0. The van der Waals surface area contributed by atoms with Gasteiger partial charge in [-0.15, -0.1) is 5.10 Å². The van der Waals surface area contributed by atoms with E-state index < -0.39 is 0 Å².